The van der Waals surface area contributed by atoms with Crippen LogP contribution in [0.25, 0.3) is 22.2 Å². The van der Waals surface area contributed by atoms with E-state index in [9.17, 15) is 9.59 Å². The Balaban J connectivity index is 1.61. The van der Waals surface area contributed by atoms with E-state index in [4.69, 9.17) is 4.98 Å². The minimum absolute atomic E-state index is 0.122. The lowest BCUT2D eigenvalue weighted by molar-refractivity contribution is 0.817. The van der Waals surface area contributed by atoms with Gasteiger partial charge in [0.25, 0.3) is 11.1 Å². The summed E-state index contributed by atoms with van der Waals surface area (Å²) in [7, 11) is 0. The van der Waals surface area contributed by atoms with Crippen molar-refractivity contribution in [2.24, 2.45) is 0 Å². The number of benzene rings is 2. The number of aromatic nitrogens is 4. The van der Waals surface area contributed by atoms with Gasteiger partial charge in [-0.1, -0.05) is 30.0 Å². The first-order valence-corrected chi connectivity index (χ1v) is 12.1. The summed E-state index contributed by atoms with van der Waals surface area (Å²) in [5.74, 6) is 0.400. The molecule has 0 N–H and O–H groups in total. The van der Waals surface area contributed by atoms with Gasteiger partial charge in [0.15, 0.2) is 5.16 Å². The summed E-state index contributed by atoms with van der Waals surface area (Å²) in [4.78, 5) is 35.4. The highest BCUT2D eigenvalue weighted by Crippen LogP contribution is 2.25. The van der Waals surface area contributed by atoms with Gasteiger partial charge in [-0.2, -0.15) is 0 Å². The van der Waals surface area contributed by atoms with Crippen molar-refractivity contribution in [1.82, 2.24) is 18.9 Å². The van der Waals surface area contributed by atoms with Crippen LogP contribution in [0, 0.1) is 13.8 Å². The molecule has 33 heavy (non-hydrogen) atoms. The van der Waals surface area contributed by atoms with Crippen molar-refractivity contribution in [3.8, 4) is 5.69 Å². The molecule has 0 saturated heterocycles. The third-order valence-electron chi connectivity index (χ3n) is 5.52. The third-order valence-corrected chi connectivity index (χ3v) is 6.96. The second-order valence-corrected chi connectivity index (χ2v) is 9.63. The van der Waals surface area contributed by atoms with Gasteiger partial charge in [-0.3, -0.25) is 18.6 Å². The van der Waals surface area contributed by atoms with Crippen LogP contribution in [0.2, 0.25) is 0 Å². The van der Waals surface area contributed by atoms with Crippen LogP contribution in [-0.4, -0.2) is 18.9 Å². The molecule has 3 aromatic heterocycles. The molecule has 6 nitrogen and oxygen atoms in total. The summed E-state index contributed by atoms with van der Waals surface area (Å²) in [6.07, 6.45) is 1.70. The number of pyridine rings is 1. The first-order chi connectivity index (χ1) is 15.9. The monoisotopic (exact) mass is 518 g/mol. The number of halogens is 1. The molecule has 2 aromatic carbocycles. The largest absolute Gasteiger partial charge is 0.269 e. The van der Waals surface area contributed by atoms with Crippen LogP contribution in [-0.2, 0) is 5.75 Å². The van der Waals surface area contributed by atoms with E-state index < -0.39 is 0 Å². The standard InChI is InChI=1S/C25H19BrN4O2S/c1-15-7-9-19(11-16(15)2)30-24(32)20-5-3-4-6-21(20)28-25(30)33-14-18-12-23(31)29-13-17(26)8-10-22(29)27-18/h3-13H,14H2,1-2H3. The molecule has 0 amide bonds. The molecule has 0 atom stereocenters. The molecule has 0 radical (unpaired) electrons. The van der Waals surface area contributed by atoms with Gasteiger partial charge in [0.05, 0.1) is 22.3 Å². The van der Waals surface area contributed by atoms with Crippen LogP contribution in [0.5, 0.6) is 0 Å². The quantitative estimate of drug-likeness (QED) is 0.245. The number of hydrogen-bond acceptors (Lipinski definition) is 5. The van der Waals surface area contributed by atoms with Crippen LogP contribution in [0.4, 0.5) is 0 Å². The summed E-state index contributed by atoms with van der Waals surface area (Å²) >= 11 is 4.77. The summed E-state index contributed by atoms with van der Waals surface area (Å²) in [5.41, 5.74) is 4.57. The van der Waals surface area contributed by atoms with Crippen molar-refractivity contribution < 1.29 is 0 Å². The predicted molar refractivity (Wildman–Crippen MR) is 136 cm³/mol. The Hall–Kier alpha value is -3.23. The summed E-state index contributed by atoms with van der Waals surface area (Å²) in [6.45, 7) is 4.06. The molecular formula is C25H19BrN4O2S. The average molecular weight is 519 g/mol. The Labute approximate surface area is 202 Å². The van der Waals surface area contributed by atoms with Gasteiger partial charge in [-0.15, -0.1) is 0 Å². The van der Waals surface area contributed by atoms with E-state index in [1.54, 1.807) is 22.9 Å². The van der Waals surface area contributed by atoms with E-state index in [0.29, 0.717) is 33.2 Å². The van der Waals surface area contributed by atoms with Crippen molar-refractivity contribution in [1.29, 1.82) is 0 Å². The van der Waals surface area contributed by atoms with Gasteiger partial charge in [-0.05, 0) is 77.3 Å². The number of para-hydroxylation sites is 1. The minimum Gasteiger partial charge on any atom is -0.269 e. The normalized spacial score (nSPS) is 11.4. The topological polar surface area (TPSA) is 69.3 Å². The second-order valence-electron chi connectivity index (χ2n) is 7.77. The highest BCUT2D eigenvalue weighted by molar-refractivity contribution is 9.10. The van der Waals surface area contributed by atoms with Gasteiger partial charge in [0.1, 0.15) is 5.65 Å². The number of hydrogen-bond donors (Lipinski definition) is 0. The third kappa shape index (κ3) is 4.12. The van der Waals surface area contributed by atoms with Crippen LogP contribution < -0.4 is 11.1 Å². The molecule has 5 aromatic rings. The van der Waals surface area contributed by atoms with E-state index in [-0.39, 0.29) is 11.1 Å². The van der Waals surface area contributed by atoms with Gasteiger partial charge < -0.3 is 0 Å². The predicted octanol–water partition coefficient (Wildman–Crippen LogP) is 5.07. The molecule has 8 heteroatoms. The molecule has 0 unspecified atom stereocenters. The highest BCUT2D eigenvalue weighted by Gasteiger charge is 2.15. The van der Waals surface area contributed by atoms with Crippen LogP contribution in [0.1, 0.15) is 16.8 Å². The minimum atomic E-state index is -0.157. The lowest BCUT2D eigenvalue weighted by atomic mass is 10.1. The average Bonchev–Trinajstić information content (AvgIpc) is 2.80. The Morgan fingerprint density at radius 2 is 1.76 bits per heavy atom. The molecule has 0 aliphatic carbocycles. The van der Waals surface area contributed by atoms with Crippen molar-refractivity contribution in [3.63, 3.8) is 0 Å². The molecule has 3 heterocycles. The molecule has 0 bridgehead atoms. The Kier molecular flexibility index (Phi) is 5.64. The summed E-state index contributed by atoms with van der Waals surface area (Å²) in [5, 5.41) is 1.12. The number of fused-ring (bicyclic) bond motifs is 2. The Morgan fingerprint density at radius 3 is 2.58 bits per heavy atom. The maximum Gasteiger partial charge on any atom is 0.266 e. The van der Waals surface area contributed by atoms with Crippen molar-refractivity contribution in [3.05, 3.63) is 109 Å². The smallest absolute Gasteiger partial charge is 0.266 e. The zero-order valence-electron chi connectivity index (χ0n) is 17.9. The van der Waals surface area contributed by atoms with Gasteiger partial charge in [-0.25, -0.2) is 9.97 Å². The van der Waals surface area contributed by atoms with E-state index in [2.05, 4.69) is 20.9 Å². The molecule has 0 spiro atoms. The first kappa shape index (κ1) is 21.6. The van der Waals surface area contributed by atoms with E-state index in [1.165, 1.54) is 22.2 Å². The first-order valence-electron chi connectivity index (χ1n) is 10.3. The second kappa shape index (κ2) is 8.61. The Bertz CT molecular complexity index is 1660. The number of rotatable bonds is 4. The lowest BCUT2D eigenvalue weighted by Gasteiger charge is -2.14. The number of nitrogens with zero attached hydrogens (tertiary/aromatic N) is 4. The zero-order chi connectivity index (χ0) is 23.1. The van der Waals surface area contributed by atoms with Crippen LogP contribution >= 0.6 is 27.7 Å². The van der Waals surface area contributed by atoms with Crippen LogP contribution in [0.15, 0.2) is 86.1 Å². The fourth-order valence-corrected chi connectivity index (χ4v) is 4.88. The van der Waals surface area contributed by atoms with E-state index in [0.717, 1.165) is 21.3 Å². The number of thioether (sulfide) groups is 1. The van der Waals surface area contributed by atoms with Gasteiger partial charge in [0.2, 0.25) is 0 Å². The number of aryl methyl sites for hydroxylation is 2. The van der Waals surface area contributed by atoms with E-state index in [1.807, 2.05) is 56.3 Å². The lowest BCUT2D eigenvalue weighted by Crippen LogP contribution is -2.22. The zero-order valence-corrected chi connectivity index (χ0v) is 20.4. The van der Waals surface area contributed by atoms with Crippen molar-refractivity contribution in [2.45, 2.75) is 24.8 Å². The molecule has 0 saturated carbocycles. The van der Waals surface area contributed by atoms with Gasteiger partial charge >= 0.3 is 0 Å². The summed E-state index contributed by atoms with van der Waals surface area (Å²) in [6, 6.07) is 18.4. The molecule has 164 valence electrons. The maximum atomic E-state index is 13.5. The van der Waals surface area contributed by atoms with Crippen molar-refractivity contribution in [2.75, 3.05) is 0 Å². The highest BCUT2D eigenvalue weighted by atomic mass is 79.9. The fraction of sp³-hybridized carbons (Fsp3) is 0.120. The molecule has 0 aliphatic heterocycles. The molecule has 0 aliphatic rings. The fourth-order valence-electron chi connectivity index (χ4n) is 3.64. The Morgan fingerprint density at radius 1 is 0.939 bits per heavy atom. The maximum absolute atomic E-state index is 13.5. The molecule has 0 fully saturated rings. The molecular weight excluding hydrogens is 500 g/mol. The van der Waals surface area contributed by atoms with Gasteiger partial charge in [0, 0.05) is 22.5 Å². The SMILES string of the molecule is Cc1ccc(-n2c(SCc3cc(=O)n4cc(Br)ccc4n3)nc3ccccc3c2=O)cc1C. The summed E-state index contributed by atoms with van der Waals surface area (Å²) < 4.78 is 3.95. The molecule has 5 rings (SSSR count). The van der Waals surface area contributed by atoms with Crippen molar-refractivity contribution >= 4 is 44.2 Å². The van der Waals surface area contributed by atoms with E-state index >= 15 is 0 Å². The van der Waals surface area contributed by atoms with Crippen LogP contribution in [0.3, 0.4) is 0 Å².